The lowest BCUT2D eigenvalue weighted by Gasteiger charge is -2.16. The SMILES string of the molecule is CCOC(c1cnc[nH]1)c1c2cccc(-c3ccc(Cl)cc3Cl)c2nn1C. The number of aromatic nitrogens is 4. The number of hydrogen-bond acceptors (Lipinski definition) is 3. The zero-order valence-corrected chi connectivity index (χ0v) is 16.4. The minimum atomic E-state index is -0.288. The normalized spacial score (nSPS) is 12.6. The highest BCUT2D eigenvalue weighted by atomic mass is 35.5. The van der Waals surface area contributed by atoms with Crippen molar-refractivity contribution in [2.24, 2.45) is 7.05 Å². The molecule has 0 radical (unpaired) electrons. The van der Waals surface area contributed by atoms with Gasteiger partial charge in [0.05, 0.1) is 23.9 Å². The maximum Gasteiger partial charge on any atom is 0.141 e. The smallest absolute Gasteiger partial charge is 0.141 e. The fraction of sp³-hybridized carbons (Fsp3) is 0.200. The summed E-state index contributed by atoms with van der Waals surface area (Å²) in [7, 11) is 1.92. The van der Waals surface area contributed by atoms with Gasteiger partial charge in [0.15, 0.2) is 0 Å². The van der Waals surface area contributed by atoms with Crippen molar-refractivity contribution in [1.29, 1.82) is 0 Å². The van der Waals surface area contributed by atoms with Gasteiger partial charge in [0.25, 0.3) is 0 Å². The van der Waals surface area contributed by atoms with Crippen molar-refractivity contribution in [3.63, 3.8) is 0 Å². The molecular formula is C20H18Cl2N4O. The standard InChI is InChI=1S/C20H18Cl2N4O/c1-3-27-20(17-10-23-11-24-17)19-15-6-4-5-14(18(15)25-26(19)2)13-8-7-12(21)9-16(13)22/h4-11,20H,3H2,1-2H3,(H,23,24). The number of benzene rings is 2. The Bertz CT molecular complexity index is 1090. The molecule has 4 rings (SSSR count). The highest BCUT2D eigenvalue weighted by Crippen LogP contribution is 2.38. The number of hydrogen-bond donors (Lipinski definition) is 1. The van der Waals surface area contributed by atoms with E-state index in [1.54, 1.807) is 18.6 Å². The first kappa shape index (κ1) is 18.0. The fourth-order valence-corrected chi connectivity index (χ4v) is 3.88. The Morgan fingerprint density at radius 2 is 2.04 bits per heavy atom. The molecule has 0 aliphatic rings. The second-order valence-corrected chi connectivity index (χ2v) is 7.02. The maximum atomic E-state index is 6.45. The van der Waals surface area contributed by atoms with Gasteiger partial charge < -0.3 is 9.72 Å². The van der Waals surface area contributed by atoms with Gasteiger partial charge in [0.2, 0.25) is 0 Å². The summed E-state index contributed by atoms with van der Waals surface area (Å²) >= 11 is 12.5. The third kappa shape index (κ3) is 3.23. The van der Waals surface area contributed by atoms with E-state index in [1.165, 1.54) is 0 Å². The van der Waals surface area contributed by atoms with Gasteiger partial charge in [-0.05, 0) is 19.1 Å². The molecule has 4 aromatic rings. The van der Waals surface area contributed by atoms with Crippen LogP contribution in [0.15, 0.2) is 48.9 Å². The number of imidazole rings is 1. The largest absolute Gasteiger partial charge is 0.366 e. The van der Waals surface area contributed by atoms with Gasteiger partial charge in [0.1, 0.15) is 11.6 Å². The van der Waals surface area contributed by atoms with E-state index < -0.39 is 0 Å². The lowest BCUT2D eigenvalue weighted by molar-refractivity contribution is 0.0839. The molecule has 0 spiro atoms. The molecular weight excluding hydrogens is 383 g/mol. The Kier molecular flexibility index (Phi) is 4.91. The first-order valence-electron chi connectivity index (χ1n) is 8.61. The quantitative estimate of drug-likeness (QED) is 0.488. The molecule has 0 fully saturated rings. The monoisotopic (exact) mass is 400 g/mol. The van der Waals surface area contributed by atoms with E-state index >= 15 is 0 Å². The molecule has 2 heterocycles. The predicted molar refractivity (Wildman–Crippen MR) is 108 cm³/mol. The van der Waals surface area contributed by atoms with Crippen molar-refractivity contribution in [3.8, 4) is 11.1 Å². The summed E-state index contributed by atoms with van der Waals surface area (Å²) in [4.78, 5) is 7.29. The van der Waals surface area contributed by atoms with Crippen LogP contribution in [-0.2, 0) is 11.8 Å². The van der Waals surface area contributed by atoms with Gasteiger partial charge in [0, 0.05) is 40.2 Å². The molecule has 0 bridgehead atoms. The van der Waals surface area contributed by atoms with E-state index in [-0.39, 0.29) is 6.10 Å². The molecule has 0 amide bonds. The number of nitrogens with one attached hydrogen (secondary N) is 1. The topological polar surface area (TPSA) is 55.7 Å². The van der Waals surface area contributed by atoms with E-state index in [0.29, 0.717) is 16.7 Å². The van der Waals surface area contributed by atoms with Crippen LogP contribution in [0.2, 0.25) is 10.0 Å². The molecule has 0 saturated heterocycles. The minimum absolute atomic E-state index is 0.288. The summed E-state index contributed by atoms with van der Waals surface area (Å²) in [6.07, 6.45) is 3.14. The number of H-pyrrole nitrogens is 1. The van der Waals surface area contributed by atoms with Crippen molar-refractivity contribution in [2.75, 3.05) is 6.61 Å². The van der Waals surface area contributed by atoms with E-state index in [2.05, 4.69) is 9.97 Å². The Morgan fingerprint density at radius 3 is 2.74 bits per heavy atom. The van der Waals surface area contributed by atoms with Crippen LogP contribution in [0.5, 0.6) is 0 Å². The van der Waals surface area contributed by atoms with Gasteiger partial charge in [-0.15, -0.1) is 0 Å². The number of ether oxygens (including phenoxy) is 1. The highest BCUT2D eigenvalue weighted by Gasteiger charge is 2.24. The summed E-state index contributed by atoms with van der Waals surface area (Å²) in [6.45, 7) is 2.54. The van der Waals surface area contributed by atoms with E-state index in [9.17, 15) is 0 Å². The van der Waals surface area contributed by atoms with Crippen LogP contribution in [0.1, 0.15) is 24.4 Å². The van der Waals surface area contributed by atoms with Crippen LogP contribution in [0.3, 0.4) is 0 Å². The van der Waals surface area contributed by atoms with Crippen molar-refractivity contribution >= 4 is 34.1 Å². The molecule has 2 aromatic carbocycles. The maximum absolute atomic E-state index is 6.45. The Hall–Kier alpha value is -2.34. The first-order chi connectivity index (χ1) is 13.1. The number of nitrogens with zero attached hydrogens (tertiary/aromatic N) is 3. The lowest BCUT2D eigenvalue weighted by atomic mass is 10.0. The van der Waals surface area contributed by atoms with Gasteiger partial charge >= 0.3 is 0 Å². The molecule has 1 N–H and O–H groups in total. The van der Waals surface area contributed by atoms with Gasteiger partial charge in [-0.1, -0.05) is 47.5 Å². The molecule has 0 aliphatic carbocycles. The third-order valence-corrected chi connectivity index (χ3v) is 5.06. The van der Waals surface area contributed by atoms with Crippen molar-refractivity contribution in [3.05, 3.63) is 70.4 Å². The van der Waals surface area contributed by atoms with Crippen LogP contribution in [0, 0.1) is 0 Å². The summed E-state index contributed by atoms with van der Waals surface area (Å²) < 4.78 is 7.89. The third-order valence-electron chi connectivity index (χ3n) is 4.52. The molecule has 0 saturated carbocycles. The minimum Gasteiger partial charge on any atom is -0.366 e. The van der Waals surface area contributed by atoms with Crippen molar-refractivity contribution in [2.45, 2.75) is 13.0 Å². The van der Waals surface area contributed by atoms with Crippen molar-refractivity contribution in [1.82, 2.24) is 19.7 Å². The second-order valence-electron chi connectivity index (χ2n) is 6.18. The summed E-state index contributed by atoms with van der Waals surface area (Å²) in [5.41, 5.74) is 4.56. The average Bonchev–Trinajstić information content (AvgIpc) is 3.27. The number of halogens is 2. The average molecular weight is 401 g/mol. The summed E-state index contributed by atoms with van der Waals surface area (Å²) in [6, 6.07) is 11.6. The van der Waals surface area contributed by atoms with Gasteiger partial charge in [-0.2, -0.15) is 5.10 Å². The number of aryl methyl sites for hydroxylation is 1. The lowest BCUT2D eigenvalue weighted by Crippen LogP contribution is -2.11. The van der Waals surface area contributed by atoms with E-state index in [0.717, 1.165) is 33.4 Å². The summed E-state index contributed by atoms with van der Waals surface area (Å²) in [5.74, 6) is 0. The molecule has 2 aromatic heterocycles. The number of rotatable bonds is 5. The number of aromatic amines is 1. The number of fused-ring (bicyclic) bond motifs is 1. The molecule has 138 valence electrons. The molecule has 7 heteroatoms. The molecule has 1 atom stereocenters. The van der Waals surface area contributed by atoms with Crippen LogP contribution in [0.25, 0.3) is 22.0 Å². The van der Waals surface area contributed by atoms with Crippen LogP contribution < -0.4 is 0 Å². The zero-order chi connectivity index (χ0) is 19.0. The van der Waals surface area contributed by atoms with Crippen LogP contribution in [0.4, 0.5) is 0 Å². The Morgan fingerprint density at radius 1 is 1.19 bits per heavy atom. The van der Waals surface area contributed by atoms with E-state index in [4.69, 9.17) is 33.0 Å². The Labute approximate surface area is 166 Å². The van der Waals surface area contributed by atoms with Crippen molar-refractivity contribution < 1.29 is 4.74 Å². The Balaban J connectivity index is 1.93. The van der Waals surface area contributed by atoms with Crippen LogP contribution in [-0.4, -0.2) is 26.4 Å². The van der Waals surface area contributed by atoms with Crippen LogP contribution >= 0.6 is 23.2 Å². The summed E-state index contributed by atoms with van der Waals surface area (Å²) in [5, 5.41) is 6.98. The van der Waals surface area contributed by atoms with Gasteiger partial charge in [-0.25, -0.2) is 4.98 Å². The van der Waals surface area contributed by atoms with Gasteiger partial charge in [-0.3, -0.25) is 4.68 Å². The second kappa shape index (κ2) is 7.35. The highest BCUT2D eigenvalue weighted by molar-refractivity contribution is 6.36. The fourth-order valence-electron chi connectivity index (χ4n) is 3.36. The predicted octanol–water partition coefficient (Wildman–Crippen LogP) is 5.40. The molecule has 0 aliphatic heterocycles. The van der Waals surface area contributed by atoms with E-state index in [1.807, 2.05) is 49.0 Å². The zero-order valence-electron chi connectivity index (χ0n) is 14.9. The molecule has 5 nitrogen and oxygen atoms in total. The first-order valence-corrected chi connectivity index (χ1v) is 9.36. The molecule has 27 heavy (non-hydrogen) atoms. The molecule has 1 unspecified atom stereocenters.